The standard InChI is InChI=1S/C17H12N2S/c1-12-6-2-5-9-16(12)20-17-14(11-18)10-13-7-3-4-8-15(13)19-17/h2-10H,1H3. The molecule has 1 heterocycles. The van der Waals surface area contributed by atoms with E-state index in [1.807, 2.05) is 42.5 Å². The van der Waals surface area contributed by atoms with Crippen molar-refractivity contribution in [3.63, 3.8) is 0 Å². The zero-order chi connectivity index (χ0) is 13.9. The van der Waals surface area contributed by atoms with E-state index in [0.717, 1.165) is 20.8 Å². The highest BCUT2D eigenvalue weighted by atomic mass is 32.2. The lowest BCUT2D eigenvalue weighted by atomic mass is 10.2. The molecule has 3 heteroatoms. The summed E-state index contributed by atoms with van der Waals surface area (Å²) in [5.41, 5.74) is 2.73. The Labute approximate surface area is 122 Å². The Bertz CT molecular complexity index is 819. The fraction of sp³-hybridized carbons (Fsp3) is 0.0588. The topological polar surface area (TPSA) is 36.7 Å². The molecule has 96 valence electrons. The van der Waals surface area contributed by atoms with Crippen LogP contribution in [0.5, 0.6) is 0 Å². The van der Waals surface area contributed by atoms with Gasteiger partial charge < -0.3 is 0 Å². The van der Waals surface area contributed by atoms with Crippen LogP contribution in [0.25, 0.3) is 10.9 Å². The first-order valence-electron chi connectivity index (χ1n) is 6.31. The summed E-state index contributed by atoms with van der Waals surface area (Å²) in [6.45, 7) is 2.06. The summed E-state index contributed by atoms with van der Waals surface area (Å²) in [5, 5.41) is 11.1. The van der Waals surface area contributed by atoms with Gasteiger partial charge >= 0.3 is 0 Å². The molecule has 3 rings (SSSR count). The highest BCUT2D eigenvalue weighted by molar-refractivity contribution is 7.99. The molecule has 0 spiro atoms. The lowest BCUT2D eigenvalue weighted by Gasteiger charge is -2.07. The summed E-state index contributed by atoms with van der Waals surface area (Å²) < 4.78 is 0. The molecule has 0 saturated carbocycles. The predicted molar refractivity (Wildman–Crippen MR) is 81.8 cm³/mol. The summed E-state index contributed by atoms with van der Waals surface area (Å²) in [5.74, 6) is 0. The second kappa shape index (κ2) is 5.36. The van der Waals surface area contributed by atoms with Crippen molar-refractivity contribution in [2.45, 2.75) is 16.8 Å². The number of benzene rings is 2. The first-order valence-corrected chi connectivity index (χ1v) is 7.13. The molecule has 0 aliphatic rings. The molecule has 20 heavy (non-hydrogen) atoms. The van der Waals surface area contributed by atoms with Gasteiger partial charge in [-0.1, -0.05) is 48.2 Å². The first-order chi connectivity index (χ1) is 9.78. The van der Waals surface area contributed by atoms with Gasteiger partial charge in [-0.2, -0.15) is 5.26 Å². The summed E-state index contributed by atoms with van der Waals surface area (Å²) in [4.78, 5) is 5.75. The van der Waals surface area contributed by atoms with Crippen molar-refractivity contribution in [1.29, 1.82) is 5.26 Å². The van der Waals surface area contributed by atoms with Crippen molar-refractivity contribution in [2.75, 3.05) is 0 Å². The van der Waals surface area contributed by atoms with E-state index in [4.69, 9.17) is 0 Å². The number of rotatable bonds is 2. The lowest BCUT2D eigenvalue weighted by Crippen LogP contribution is -1.89. The van der Waals surface area contributed by atoms with Crippen LogP contribution in [0, 0.1) is 18.3 Å². The van der Waals surface area contributed by atoms with Gasteiger partial charge in [0.1, 0.15) is 11.1 Å². The van der Waals surface area contributed by atoms with Gasteiger partial charge in [0, 0.05) is 10.3 Å². The van der Waals surface area contributed by atoms with E-state index in [0.29, 0.717) is 5.56 Å². The van der Waals surface area contributed by atoms with Crippen molar-refractivity contribution in [3.05, 3.63) is 65.7 Å². The van der Waals surface area contributed by atoms with Gasteiger partial charge in [-0.3, -0.25) is 0 Å². The van der Waals surface area contributed by atoms with E-state index in [1.165, 1.54) is 5.56 Å². The number of pyridine rings is 1. The number of hydrogen-bond acceptors (Lipinski definition) is 3. The summed E-state index contributed by atoms with van der Waals surface area (Å²) in [7, 11) is 0. The maximum absolute atomic E-state index is 9.32. The molecule has 0 aliphatic heterocycles. The average Bonchev–Trinajstić information content (AvgIpc) is 2.49. The molecule has 1 aromatic heterocycles. The fourth-order valence-electron chi connectivity index (χ4n) is 2.03. The molecule has 2 nitrogen and oxygen atoms in total. The molecule has 0 bridgehead atoms. The number of aryl methyl sites for hydroxylation is 1. The quantitative estimate of drug-likeness (QED) is 0.688. The van der Waals surface area contributed by atoms with Crippen LogP contribution in [0.2, 0.25) is 0 Å². The molecule has 3 aromatic rings. The summed E-state index contributed by atoms with van der Waals surface area (Å²) >= 11 is 1.55. The predicted octanol–water partition coefficient (Wildman–Crippen LogP) is 4.57. The van der Waals surface area contributed by atoms with Gasteiger partial charge in [0.15, 0.2) is 0 Å². The van der Waals surface area contributed by atoms with E-state index in [9.17, 15) is 5.26 Å². The minimum Gasteiger partial charge on any atom is -0.240 e. The number of nitrogens with zero attached hydrogens (tertiary/aromatic N) is 2. The Kier molecular flexibility index (Phi) is 3.41. The molecule has 0 aliphatic carbocycles. The number of hydrogen-bond donors (Lipinski definition) is 0. The Morgan fingerprint density at radius 3 is 2.60 bits per heavy atom. The first kappa shape index (κ1) is 12.7. The number of para-hydroxylation sites is 1. The van der Waals surface area contributed by atoms with Crippen LogP contribution in [0.3, 0.4) is 0 Å². The SMILES string of the molecule is Cc1ccccc1Sc1nc2ccccc2cc1C#N. The molecule has 2 aromatic carbocycles. The third kappa shape index (κ3) is 2.38. The van der Waals surface area contributed by atoms with Gasteiger partial charge in [0.05, 0.1) is 11.1 Å². The van der Waals surface area contributed by atoms with E-state index < -0.39 is 0 Å². The maximum Gasteiger partial charge on any atom is 0.119 e. The molecule has 0 amide bonds. The van der Waals surface area contributed by atoms with Crippen LogP contribution in [0.4, 0.5) is 0 Å². The summed E-state index contributed by atoms with van der Waals surface area (Å²) in [6, 6.07) is 20.2. The van der Waals surface area contributed by atoms with Crippen molar-refractivity contribution in [2.24, 2.45) is 0 Å². The molecule has 0 N–H and O–H groups in total. The second-order valence-electron chi connectivity index (χ2n) is 4.51. The van der Waals surface area contributed by atoms with Crippen molar-refractivity contribution >= 4 is 22.7 Å². The Hall–Kier alpha value is -2.31. The van der Waals surface area contributed by atoms with Gasteiger partial charge in [-0.15, -0.1) is 0 Å². The van der Waals surface area contributed by atoms with Crippen LogP contribution in [0.15, 0.2) is 64.5 Å². The third-order valence-electron chi connectivity index (χ3n) is 3.11. The molecule has 0 atom stereocenters. The lowest BCUT2D eigenvalue weighted by molar-refractivity contribution is 1.15. The van der Waals surface area contributed by atoms with E-state index in [2.05, 4.69) is 30.1 Å². The van der Waals surface area contributed by atoms with Crippen LogP contribution in [0.1, 0.15) is 11.1 Å². The Balaban J connectivity index is 2.11. The number of nitriles is 1. The van der Waals surface area contributed by atoms with Gasteiger partial charge in [0.25, 0.3) is 0 Å². The minimum absolute atomic E-state index is 0.622. The second-order valence-corrected chi connectivity index (χ2v) is 5.54. The Morgan fingerprint density at radius 2 is 1.80 bits per heavy atom. The van der Waals surface area contributed by atoms with Crippen LogP contribution in [-0.2, 0) is 0 Å². The highest BCUT2D eigenvalue weighted by Gasteiger charge is 2.09. The molecular formula is C17H12N2S. The van der Waals surface area contributed by atoms with E-state index >= 15 is 0 Å². The average molecular weight is 276 g/mol. The van der Waals surface area contributed by atoms with Gasteiger partial charge in [-0.05, 0) is 30.7 Å². The minimum atomic E-state index is 0.622. The van der Waals surface area contributed by atoms with Crippen LogP contribution < -0.4 is 0 Å². The van der Waals surface area contributed by atoms with E-state index in [1.54, 1.807) is 11.8 Å². The normalized spacial score (nSPS) is 10.4. The molecule has 0 radical (unpaired) electrons. The number of fused-ring (bicyclic) bond motifs is 1. The maximum atomic E-state index is 9.32. The van der Waals surface area contributed by atoms with Crippen molar-refractivity contribution in [1.82, 2.24) is 4.98 Å². The van der Waals surface area contributed by atoms with E-state index in [-0.39, 0.29) is 0 Å². The molecule has 0 fully saturated rings. The van der Waals surface area contributed by atoms with Gasteiger partial charge in [0.2, 0.25) is 0 Å². The highest BCUT2D eigenvalue weighted by Crippen LogP contribution is 2.32. The van der Waals surface area contributed by atoms with Gasteiger partial charge in [-0.25, -0.2) is 4.98 Å². The third-order valence-corrected chi connectivity index (χ3v) is 4.29. The summed E-state index contributed by atoms with van der Waals surface area (Å²) in [6.07, 6.45) is 0. The van der Waals surface area contributed by atoms with Crippen molar-refractivity contribution in [3.8, 4) is 6.07 Å². The molecular weight excluding hydrogens is 264 g/mol. The zero-order valence-corrected chi connectivity index (χ0v) is 11.8. The molecule has 0 unspecified atom stereocenters. The molecule has 0 saturated heterocycles. The van der Waals surface area contributed by atoms with Crippen LogP contribution >= 0.6 is 11.8 Å². The number of aromatic nitrogens is 1. The van der Waals surface area contributed by atoms with Crippen LogP contribution in [-0.4, -0.2) is 4.98 Å². The Morgan fingerprint density at radius 1 is 1.05 bits per heavy atom. The van der Waals surface area contributed by atoms with Crippen molar-refractivity contribution < 1.29 is 0 Å². The smallest absolute Gasteiger partial charge is 0.119 e. The monoisotopic (exact) mass is 276 g/mol. The largest absolute Gasteiger partial charge is 0.240 e. The zero-order valence-electron chi connectivity index (χ0n) is 11.0. The fourth-order valence-corrected chi connectivity index (χ4v) is 2.97.